The van der Waals surface area contributed by atoms with Gasteiger partial charge >= 0.3 is 0 Å². The Morgan fingerprint density at radius 1 is 1.25 bits per heavy atom. The number of nitrogens with one attached hydrogen (secondary N) is 3. The number of hydrogen-bond donors (Lipinski definition) is 4. The number of hydrogen-bond acceptors (Lipinski definition) is 4. The average Bonchev–Trinajstić information content (AvgIpc) is 2.99. The first kappa shape index (κ1) is 17.5. The number of para-hydroxylation sites is 1. The predicted molar refractivity (Wildman–Crippen MR) is 87.2 cm³/mol. The van der Waals surface area contributed by atoms with Gasteiger partial charge in [0.25, 0.3) is 0 Å². The third-order valence-corrected chi connectivity index (χ3v) is 3.96. The molecule has 2 heterocycles. The lowest BCUT2D eigenvalue weighted by Gasteiger charge is -2.15. The lowest BCUT2D eigenvalue weighted by molar-refractivity contribution is 0.146. The molecule has 0 amide bonds. The van der Waals surface area contributed by atoms with E-state index in [4.69, 9.17) is 0 Å². The SMILES string of the molecule is Cl.Cl.OC1CNCC1CNCc1cccc2c1NCC2. The highest BCUT2D eigenvalue weighted by molar-refractivity contribution is 5.85. The summed E-state index contributed by atoms with van der Waals surface area (Å²) in [5, 5.41) is 19.9. The molecule has 6 heteroatoms. The highest BCUT2D eigenvalue weighted by atomic mass is 35.5. The number of β-amino-alcohol motifs (C(OH)–C–C–N with tert-alkyl or cyclic N) is 1. The van der Waals surface area contributed by atoms with Crippen LogP contribution in [0.15, 0.2) is 18.2 Å². The maximum absolute atomic E-state index is 9.73. The number of benzene rings is 1. The zero-order chi connectivity index (χ0) is 12.4. The summed E-state index contributed by atoms with van der Waals surface area (Å²) in [6.45, 7) is 4.45. The van der Waals surface area contributed by atoms with Crippen LogP contribution in [-0.2, 0) is 13.0 Å². The summed E-state index contributed by atoms with van der Waals surface area (Å²) in [6, 6.07) is 6.51. The predicted octanol–water partition coefficient (Wildman–Crippen LogP) is 1.17. The van der Waals surface area contributed by atoms with Crippen molar-refractivity contribution in [2.24, 2.45) is 5.92 Å². The van der Waals surface area contributed by atoms with E-state index < -0.39 is 0 Å². The molecule has 1 fully saturated rings. The van der Waals surface area contributed by atoms with Crippen LogP contribution in [0.4, 0.5) is 5.69 Å². The molecule has 4 N–H and O–H groups in total. The van der Waals surface area contributed by atoms with Crippen molar-refractivity contribution in [2.45, 2.75) is 19.1 Å². The van der Waals surface area contributed by atoms with E-state index in [1.54, 1.807) is 0 Å². The topological polar surface area (TPSA) is 56.3 Å². The van der Waals surface area contributed by atoms with Crippen LogP contribution in [0.3, 0.4) is 0 Å². The first-order valence-corrected chi connectivity index (χ1v) is 6.79. The summed E-state index contributed by atoms with van der Waals surface area (Å²) in [5.41, 5.74) is 4.08. The van der Waals surface area contributed by atoms with Crippen LogP contribution in [0.25, 0.3) is 0 Å². The Balaban J connectivity index is 0.000001000. The second-order valence-corrected chi connectivity index (χ2v) is 5.24. The summed E-state index contributed by atoms with van der Waals surface area (Å²) in [6.07, 6.45) is 0.936. The van der Waals surface area contributed by atoms with Crippen LogP contribution >= 0.6 is 24.8 Å². The lowest BCUT2D eigenvalue weighted by atomic mass is 10.1. The fraction of sp³-hybridized carbons (Fsp3) is 0.571. The third kappa shape index (κ3) is 3.77. The van der Waals surface area contributed by atoms with Crippen molar-refractivity contribution in [1.29, 1.82) is 0 Å². The Morgan fingerprint density at radius 3 is 2.85 bits per heavy atom. The molecule has 3 rings (SSSR count). The number of aliphatic hydroxyl groups is 1. The molecule has 20 heavy (non-hydrogen) atoms. The highest BCUT2D eigenvalue weighted by Crippen LogP contribution is 2.26. The van der Waals surface area contributed by atoms with Gasteiger partial charge in [-0.05, 0) is 17.5 Å². The Bertz CT molecular complexity index is 431. The third-order valence-electron chi connectivity index (χ3n) is 3.96. The molecule has 0 spiro atoms. The van der Waals surface area contributed by atoms with Crippen molar-refractivity contribution in [3.8, 4) is 0 Å². The molecule has 1 aromatic carbocycles. The van der Waals surface area contributed by atoms with Crippen molar-refractivity contribution >= 4 is 30.5 Å². The fourth-order valence-electron chi connectivity index (χ4n) is 2.88. The number of aliphatic hydroxyl groups excluding tert-OH is 1. The summed E-state index contributed by atoms with van der Waals surface area (Å²) >= 11 is 0. The van der Waals surface area contributed by atoms with E-state index in [9.17, 15) is 5.11 Å². The normalized spacial score (nSPS) is 23.4. The molecular formula is C14H23Cl2N3O. The summed E-state index contributed by atoms with van der Waals surface area (Å²) in [5.74, 6) is 0.342. The van der Waals surface area contributed by atoms with Crippen molar-refractivity contribution in [3.05, 3.63) is 29.3 Å². The fourth-order valence-corrected chi connectivity index (χ4v) is 2.88. The van der Waals surface area contributed by atoms with Crippen molar-refractivity contribution in [2.75, 3.05) is 31.5 Å². The van der Waals surface area contributed by atoms with Crippen LogP contribution in [-0.4, -0.2) is 37.4 Å². The van der Waals surface area contributed by atoms with Gasteiger partial charge in [-0.3, -0.25) is 0 Å². The summed E-state index contributed by atoms with van der Waals surface area (Å²) in [7, 11) is 0. The molecule has 1 aromatic rings. The molecule has 4 nitrogen and oxygen atoms in total. The highest BCUT2D eigenvalue weighted by Gasteiger charge is 2.24. The largest absolute Gasteiger partial charge is 0.391 e. The first-order chi connectivity index (χ1) is 8.84. The molecule has 0 aromatic heterocycles. The number of anilines is 1. The first-order valence-electron chi connectivity index (χ1n) is 6.79. The van der Waals surface area contributed by atoms with Crippen LogP contribution in [0, 0.1) is 5.92 Å². The van der Waals surface area contributed by atoms with Gasteiger partial charge in [-0.2, -0.15) is 0 Å². The molecule has 2 aliphatic rings. The smallest absolute Gasteiger partial charge is 0.0716 e. The van der Waals surface area contributed by atoms with Crippen LogP contribution < -0.4 is 16.0 Å². The van der Waals surface area contributed by atoms with E-state index in [1.807, 2.05) is 0 Å². The molecule has 0 saturated carbocycles. The van der Waals surface area contributed by atoms with Crippen LogP contribution in [0.1, 0.15) is 11.1 Å². The van der Waals surface area contributed by atoms with Crippen molar-refractivity contribution in [1.82, 2.24) is 10.6 Å². The average molecular weight is 320 g/mol. The van der Waals surface area contributed by atoms with Gasteiger partial charge < -0.3 is 21.1 Å². The second-order valence-electron chi connectivity index (χ2n) is 5.24. The number of rotatable bonds is 4. The molecule has 0 radical (unpaired) electrons. The van der Waals surface area contributed by atoms with E-state index in [0.29, 0.717) is 5.92 Å². The van der Waals surface area contributed by atoms with E-state index in [1.165, 1.54) is 16.8 Å². The number of fused-ring (bicyclic) bond motifs is 1. The standard InChI is InChI=1S/C14H21N3O.2ClH/c18-13-9-16-8-12(13)7-15-6-11-3-1-2-10-4-5-17-14(10)11;;/h1-3,12-13,15-18H,4-9H2;2*1H. The van der Waals surface area contributed by atoms with Gasteiger partial charge in [0.05, 0.1) is 6.10 Å². The minimum Gasteiger partial charge on any atom is -0.391 e. The zero-order valence-electron chi connectivity index (χ0n) is 11.4. The monoisotopic (exact) mass is 319 g/mol. The Kier molecular flexibility index (Phi) is 7.06. The minimum absolute atomic E-state index is 0. The number of halogens is 2. The maximum Gasteiger partial charge on any atom is 0.0716 e. The van der Waals surface area contributed by atoms with Gasteiger partial charge in [-0.1, -0.05) is 18.2 Å². The van der Waals surface area contributed by atoms with E-state index in [-0.39, 0.29) is 30.9 Å². The lowest BCUT2D eigenvalue weighted by Crippen LogP contribution is -2.30. The van der Waals surface area contributed by atoms with E-state index in [0.717, 1.165) is 39.1 Å². The van der Waals surface area contributed by atoms with Crippen LogP contribution in [0.2, 0.25) is 0 Å². The Labute approximate surface area is 132 Å². The van der Waals surface area contributed by atoms with Crippen molar-refractivity contribution < 1.29 is 5.11 Å². The van der Waals surface area contributed by atoms with Gasteiger partial charge in [-0.25, -0.2) is 0 Å². The van der Waals surface area contributed by atoms with Gasteiger partial charge in [0.15, 0.2) is 0 Å². The quantitative estimate of drug-likeness (QED) is 0.673. The Hall–Kier alpha value is -0.520. The van der Waals surface area contributed by atoms with Crippen LogP contribution in [0.5, 0.6) is 0 Å². The Morgan fingerprint density at radius 2 is 2.10 bits per heavy atom. The molecule has 0 aliphatic carbocycles. The van der Waals surface area contributed by atoms with Gasteiger partial charge in [0.1, 0.15) is 0 Å². The molecular weight excluding hydrogens is 297 g/mol. The van der Waals surface area contributed by atoms with E-state index in [2.05, 4.69) is 34.1 Å². The molecule has 2 aliphatic heterocycles. The maximum atomic E-state index is 9.73. The van der Waals surface area contributed by atoms with Gasteiger partial charge in [0, 0.05) is 44.3 Å². The van der Waals surface area contributed by atoms with Crippen molar-refractivity contribution in [3.63, 3.8) is 0 Å². The molecule has 114 valence electrons. The van der Waals surface area contributed by atoms with Gasteiger partial charge in [-0.15, -0.1) is 24.8 Å². The van der Waals surface area contributed by atoms with Gasteiger partial charge in [0.2, 0.25) is 0 Å². The minimum atomic E-state index is -0.197. The molecule has 0 bridgehead atoms. The zero-order valence-corrected chi connectivity index (χ0v) is 13.0. The van der Waals surface area contributed by atoms with E-state index >= 15 is 0 Å². The molecule has 1 saturated heterocycles. The second kappa shape index (κ2) is 8.05. The summed E-state index contributed by atoms with van der Waals surface area (Å²) in [4.78, 5) is 0. The summed E-state index contributed by atoms with van der Waals surface area (Å²) < 4.78 is 0. The molecule has 2 atom stereocenters. The molecule has 2 unspecified atom stereocenters.